The van der Waals surface area contributed by atoms with E-state index in [1.807, 2.05) is 42.5 Å². The molecule has 0 aliphatic carbocycles. The van der Waals surface area contributed by atoms with E-state index in [0.29, 0.717) is 52.3 Å². The Hall–Kier alpha value is -3.06. The van der Waals surface area contributed by atoms with Crippen molar-refractivity contribution in [2.24, 2.45) is 0 Å². The number of rotatable bonds is 9. The second-order valence-corrected chi connectivity index (χ2v) is 7.96. The fourth-order valence-electron chi connectivity index (χ4n) is 3.42. The van der Waals surface area contributed by atoms with E-state index in [-0.39, 0.29) is 12.2 Å². The Kier molecular flexibility index (Phi) is 7.50. The summed E-state index contributed by atoms with van der Waals surface area (Å²) < 4.78 is 18.2. The summed E-state index contributed by atoms with van der Waals surface area (Å²) in [6.07, 6.45) is 0. The van der Waals surface area contributed by atoms with Crippen LogP contribution in [0.2, 0.25) is 10.0 Å². The molecule has 0 aliphatic heterocycles. The Morgan fingerprint density at radius 2 is 1.61 bits per heavy atom. The molecule has 0 aliphatic rings. The number of benzene rings is 3. The molecule has 0 saturated heterocycles. The average Bonchev–Trinajstić information content (AvgIpc) is 2.84. The third-order valence-corrected chi connectivity index (χ3v) is 5.66. The molecule has 1 heterocycles. The largest absolute Gasteiger partial charge is 0.497 e. The fraction of sp³-hybridized carbons (Fsp3) is 0.200. The number of hydrogen-bond donors (Lipinski definition) is 0. The highest BCUT2D eigenvalue weighted by molar-refractivity contribution is 6.37. The van der Waals surface area contributed by atoms with Crippen LogP contribution >= 0.6 is 23.2 Å². The van der Waals surface area contributed by atoms with Crippen LogP contribution in [-0.4, -0.2) is 36.5 Å². The van der Waals surface area contributed by atoms with Crippen molar-refractivity contribution >= 4 is 34.1 Å². The molecule has 0 fully saturated rings. The molecule has 0 amide bonds. The van der Waals surface area contributed by atoms with Crippen LogP contribution in [0.5, 0.6) is 11.5 Å². The maximum Gasteiger partial charge on any atom is 0.261 e. The lowest BCUT2D eigenvalue weighted by atomic mass is 10.1. The van der Waals surface area contributed by atoms with Crippen molar-refractivity contribution in [3.63, 3.8) is 0 Å². The number of methoxy groups -OCH3 is 1. The summed E-state index contributed by atoms with van der Waals surface area (Å²) in [4.78, 5) is 18.0. The van der Waals surface area contributed by atoms with E-state index >= 15 is 0 Å². The first-order valence-corrected chi connectivity index (χ1v) is 11.1. The van der Waals surface area contributed by atoms with E-state index in [2.05, 4.69) is 0 Å². The molecular formula is C25H22Cl2N2O4. The Morgan fingerprint density at radius 3 is 2.33 bits per heavy atom. The summed E-state index contributed by atoms with van der Waals surface area (Å²) >= 11 is 12.2. The predicted octanol–water partition coefficient (Wildman–Crippen LogP) is 5.47. The zero-order chi connectivity index (χ0) is 23.2. The van der Waals surface area contributed by atoms with Crippen LogP contribution in [-0.2, 0) is 11.3 Å². The average molecular weight is 485 g/mol. The summed E-state index contributed by atoms with van der Waals surface area (Å²) in [6, 6.07) is 19.9. The molecule has 0 saturated carbocycles. The molecule has 8 heteroatoms. The third kappa shape index (κ3) is 5.30. The minimum absolute atomic E-state index is 0.117. The van der Waals surface area contributed by atoms with E-state index in [9.17, 15) is 4.79 Å². The molecule has 4 aromatic rings. The number of ether oxygens (including phenoxy) is 3. The number of halogens is 2. The van der Waals surface area contributed by atoms with E-state index in [4.69, 9.17) is 42.4 Å². The molecule has 6 nitrogen and oxygen atoms in total. The number of hydrogen-bond acceptors (Lipinski definition) is 5. The first-order chi connectivity index (χ1) is 16.1. The van der Waals surface area contributed by atoms with Gasteiger partial charge in [0.2, 0.25) is 0 Å². The van der Waals surface area contributed by atoms with Gasteiger partial charge in [-0.2, -0.15) is 0 Å². The van der Waals surface area contributed by atoms with Crippen molar-refractivity contribution < 1.29 is 14.2 Å². The van der Waals surface area contributed by atoms with Gasteiger partial charge in [-0.3, -0.25) is 9.36 Å². The minimum atomic E-state index is -0.117. The third-order valence-electron chi connectivity index (χ3n) is 5.06. The van der Waals surface area contributed by atoms with E-state index in [1.165, 1.54) is 0 Å². The molecule has 4 rings (SSSR count). The van der Waals surface area contributed by atoms with Crippen molar-refractivity contribution in [1.29, 1.82) is 0 Å². The Bertz CT molecular complexity index is 1290. The smallest absolute Gasteiger partial charge is 0.261 e. The Morgan fingerprint density at radius 1 is 0.879 bits per heavy atom. The highest BCUT2D eigenvalue weighted by Crippen LogP contribution is 2.32. The lowest BCUT2D eigenvalue weighted by molar-refractivity contribution is 0.0941. The lowest BCUT2D eigenvalue weighted by Gasteiger charge is -2.15. The topological polar surface area (TPSA) is 62.6 Å². The zero-order valence-electron chi connectivity index (χ0n) is 18.0. The lowest BCUT2D eigenvalue weighted by Crippen LogP contribution is -2.26. The molecular weight excluding hydrogens is 463 g/mol. The molecule has 3 aromatic carbocycles. The zero-order valence-corrected chi connectivity index (χ0v) is 19.5. The normalized spacial score (nSPS) is 11.0. The SMILES string of the molecule is COc1ccc(-c2nc3ccccc3c(=O)n2CCOCCOc2c(Cl)cccc2Cl)cc1. The van der Waals surface area contributed by atoms with Crippen molar-refractivity contribution in [1.82, 2.24) is 9.55 Å². The van der Waals surface area contributed by atoms with Crippen LogP contribution < -0.4 is 15.0 Å². The van der Waals surface area contributed by atoms with Crippen molar-refractivity contribution in [3.8, 4) is 22.9 Å². The van der Waals surface area contributed by atoms with Gasteiger partial charge in [0.05, 0.1) is 47.8 Å². The monoisotopic (exact) mass is 484 g/mol. The van der Waals surface area contributed by atoms with Crippen LogP contribution in [0.4, 0.5) is 0 Å². The molecule has 0 atom stereocenters. The molecule has 0 bridgehead atoms. The van der Waals surface area contributed by atoms with Gasteiger partial charge in [-0.15, -0.1) is 0 Å². The van der Waals surface area contributed by atoms with E-state index in [0.717, 1.165) is 11.3 Å². The first kappa shape index (κ1) is 23.1. The van der Waals surface area contributed by atoms with E-state index < -0.39 is 0 Å². The maximum atomic E-state index is 13.2. The van der Waals surface area contributed by atoms with Crippen molar-refractivity contribution in [3.05, 3.63) is 87.1 Å². The van der Waals surface area contributed by atoms with Gasteiger partial charge in [0.25, 0.3) is 5.56 Å². The second-order valence-electron chi connectivity index (χ2n) is 7.15. The van der Waals surface area contributed by atoms with Gasteiger partial charge in [-0.05, 0) is 48.5 Å². The van der Waals surface area contributed by atoms with Crippen molar-refractivity contribution in [2.45, 2.75) is 6.54 Å². The molecule has 0 spiro atoms. The molecule has 33 heavy (non-hydrogen) atoms. The molecule has 0 unspecified atom stereocenters. The maximum absolute atomic E-state index is 13.2. The van der Waals surface area contributed by atoms with Gasteiger partial charge in [0.1, 0.15) is 18.2 Å². The Labute approximate surface area is 201 Å². The molecule has 170 valence electrons. The molecule has 0 N–H and O–H groups in total. The van der Waals surface area contributed by atoms with Crippen molar-refractivity contribution in [2.75, 3.05) is 26.9 Å². The molecule has 1 aromatic heterocycles. The standard InChI is InChI=1S/C25H22Cl2N2O4/c1-31-18-11-9-17(10-12-18)24-28-22-8-3-2-5-19(22)25(30)29(24)13-14-32-15-16-33-23-20(26)6-4-7-21(23)27/h2-12H,13-16H2,1H3. The van der Waals surface area contributed by atoms with Gasteiger partial charge >= 0.3 is 0 Å². The van der Waals surface area contributed by atoms with Crippen LogP contribution in [0.3, 0.4) is 0 Å². The van der Waals surface area contributed by atoms with Gasteiger partial charge in [-0.1, -0.05) is 41.4 Å². The number of para-hydroxylation sites is 2. The summed E-state index contributed by atoms with van der Waals surface area (Å²) in [7, 11) is 1.61. The predicted molar refractivity (Wildman–Crippen MR) is 131 cm³/mol. The first-order valence-electron chi connectivity index (χ1n) is 10.4. The number of aromatic nitrogens is 2. The Balaban J connectivity index is 1.48. The van der Waals surface area contributed by atoms with Crippen LogP contribution in [0.1, 0.15) is 0 Å². The summed E-state index contributed by atoms with van der Waals surface area (Å²) in [5.74, 6) is 1.74. The summed E-state index contributed by atoms with van der Waals surface area (Å²) in [5.41, 5.74) is 1.35. The van der Waals surface area contributed by atoms with Crippen LogP contribution in [0, 0.1) is 0 Å². The van der Waals surface area contributed by atoms with Crippen LogP contribution in [0.25, 0.3) is 22.3 Å². The fourth-order valence-corrected chi connectivity index (χ4v) is 3.92. The highest BCUT2D eigenvalue weighted by atomic mass is 35.5. The minimum Gasteiger partial charge on any atom is -0.497 e. The quantitative estimate of drug-likeness (QED) is 0.294. The van der Waals surface area contributed by atoms with Crippen LogP contribution in [0.15, 0.2) is 71.5 Å². The van der Waals surface area contributed by atoms with E-state index in [1.54, 1.807) is 35.9 Å². The second kappa shape index (κ2) is 10.7. The van der Waals surface area contributed by atoms with Gasteiger partial charge in [-0.25, -0.2) is 4.98 Å². The van der Waals surface area contributed by atoms with Gasteiger partial charge in [0.15, 0.2) is 5.75 Å². The summed E-state index contributed by atoms with van der Waals surface area (Å²) in [5, 5.41) is 1.45. The number of nitrogens with zero attached hydrogens (tertiary/aromatic N) is 2. The van der Waals surface area contributed by atoms with Gasteiger partial charge < -0.3 is 14.2 Å². The highest BCUT2D eigenvalue weighted by Gasteiger charge is 2.13. The number of fused-ring (bicyclic) bond motifs is 1. The molecule has 0 radical (unpaired) electrons. The van der Waals surface area contributed by atoms with Gasteiger partial charge in [0, 0.05) is 5.56 Å². The summed E-state index contributed by atoms with van der Waals surface area (Å²) in [6.45, 7) is 1.24.